The standard InChI is InChI=1S/C21H28N4O3/c1-4-5-9-24-10-12-25(13-11-24)20(26)17-8-6-7-16(14-17)18-15-19(27-2)23-21(22-18)28-3/h6-8,14-15H,4-5,9-13H2,1-3H3. The molecular weight excluding hydrogens is 356 g/mol. The van der Waals surface area contributed by atoms with Gasteiger partial charge in [-0.3, -0.25) is 9.69 Å². The van der Waals surface area contributed by atoms with Crippen molar-refractivity contribution in [3.8, 4) is 23.1 Å². The highest BCUT2D eigenvalue weighted by atomic mass is 16.5. The van der Waals surface area contributed by atoms with E-state index in [0.717, 1.165) is 38.3 Å². The van der Waals surface area contributed by atoms with Gasteiger partial charge in [0.05, 0.1) is 19.9 Å². The Morgan fingerprint density at radius 3 is 2.54 bits per heavy atom. The van der Waals surface area contributed by atoms with Crippen LogP contribution in [0.3, 0.4) is 0 Å². The molecule has 7 nitrogen and oxygen atoms in total. The van der Waals surface area contributed by atoms with E-state index in [1.54, 1.807) is 13.2 Å². The van der Waals surface area contributed by atoms with Crippen molar-refractivity contribution >= 4 is 5.91 Å². The van der Waals surface area contributed by atoms with Crippen molar-refractivity contribution in [3.05, 3.63) is 35.9 Å². The number of amides is 1. The summed E-state index contributed by atoms with van der Waals surface area (Å²) >= 11 is 0. The highest BCUT2D eigenvalue weighted by Gasteiger charge is 2.22. The van der Waals surface area contributed by atoms with Gasteiger partial charge in [0.2, 0.25) is 5.88 Å². The van der Waals surface area contributed by atoms with Crippen LogP contribution < -0.4 is 9.47 Å². The molecule has 150 valence electrons. The lowest BCUT2D eigenvalue weighted by Crippen LogP contribution is -2.48. The first-order valence-electron chi connectivity index (χ1n) is 9.73. The maximum atomic E-state index is 13.0. The number of carbonyl (C=O) groups excluding carboxylic acids is 1. The molecule has 0 aliphatic carbocycles. The lowest BCUT2D eigenvalue weighted by Gasteiger charge is -2.34. The van der Waals surface area contributed by atoms with Crippen molar-refractivity contribution in [2.75, 3.05) is 46.9 Å². The average molecular weight is 384 g/mol. The van der Waals surface area contributed by atoms with E-state index < -0.39 is 0 Å². The Balaban J connectivity index is 1.74. The van der Waals surface area contributed by atoms with E-state index in [0.29, 0.717) is 17.1 Å². The lowest BCUT2D eigenvalue weighted by molar-refractivity contribution is 0.0636. The molecule has 2 aromatic rings. The lowest BCUT2D eigenvalue weighted by atomic mass is 10.1. The van der Waals surface area contributed by atoms with Gasteiger partial charge in [-0.05, 0) is 25.1 Å². The fourth-order valence-corrected chi connectivity index (χ4v) is 3.30. The molecule has 1 aliphatic rings. The fourth-order valence-electron chi connectivity index (χ4n) is 3.30. The molecule has 2 heterocycles. The van der Waals surface area contributed by atoms with Crippen molar-refractivity contribution in [1.82, 2.24) is 19.8 Å². The van der Waals surface area contributed by atoms with Crippen LogP contribution in [0.4, 0.5) is 0 Å². The van der Waals surface area contributed by atoms with Gasteiger partial charge in [0.25, 0.3) is 5.91 Å². The van der Waals surface area contributed by atoms with Gasteiger partial charge in [-0.1, -0.05) is 25.5 Å². The molecule has 0 atom stereocenters. The summed E-state index contributed by atoms with van der Waals surface area (Å²) in [7, 11) is 3.06. The molecule has 1 aliphatic heterocycles. The Labute approximate surface area is 166 Å². The highest BCUT2D eigenvalue weighted by Crippen LogP contribution is 2.24. The quantitative estimate of drug-likeness (QED) is 0.731. The van der Waals surface area contributed by atoms with Gasteiger partial charge in [0.15, 0.2) is 0 Å². The monoisotopic (exact) mass is 384 g/mol. The molecule has 1 fully saturated rings. The molecule has 0 spiro atoms. The van der Waals surface area contributed by atoms with E-state index in [9.17, 15) is 4.79 Å². The zero-order valence-electron chi connectivity index (χ0n) is 16.9. The Bertz CT molecular complexity index is 782. The minimum atomic E-state index is 0.0602. The number of benzene rings is 1. The second kappa shape index (κ2) is 9.50. The predicted molar refractivity (Wildman–Crippen MR) is 108 cm³/mol. The van der Waals surface area contributed by atoms with Gasteiger partial charge in [0.1, 0.15) is 0 Å². The molecule has 28 heavy (non-hydrogen) atoms. The van der Waals surface area contributed by atoms with Crippen LogP contribution in [0.5, 0.6) is 11.9 Å². The number of hydrogen-bond donors (Lipinski definition) is 0. The molecular formula is C21H28N4O3. The average Bonchev–Trinajstić information content (AvgIpc) is 2.77. The van der Waals surface area contributed by atoms with E-state index >= 15 is 0 Å². The Kier molecular flexibility index (Phi) is 6.81. The number of unbranched alkanes of at least 4 members (excludes halogenated alkanes) is 1. The molecule has 0 bridgehead atoms. The number of piperazine rings is 1. The Hall–Kier alpha value is -2.67. The molecule has 1 aromatic carbocycles. The van der Waals surface area contributed by atoms with Crippen molar-refractivity contribution < 1.29 is 14.3 Å². The predicted octanol–water partition coefficient (Wildman–Crippen LogP) is 2.72. The molecule has 0 N–H and O–H groups in total. The minimum Gasteiger partial charge on any atom is -0.481 e. The molecule has 1 saturated heterocycles. The minimum absolute atomic E-state index is 0.0602. The summed E-state index contributed by atoms with van der Waals surface area (Å²) in [6.45, 7) is 6.72. The number of carbonyl (C=O) groups is 1. The van der Waals surface area contributed by atoms with Crippen LogP contribution >= 0.6 is 0 Å². The van der Waals surface area contributed by atoms with Gasteiger partial charge >= 0.3 is 6.01 Å². The first-order valence-corrected chi connectivity index (χ1v) is 9.73. The van der Waals surface area contributed by atoms with Crippen LogP contribution in [-0.4, -0.2) is 72.6 Å². The highest BCUT2D eigenvalue weighted by molar-refractivity contribution is 5.95. The van der Waals surface area contributed by atoms with Crippen LogP contribution in [-0.2, 0) is 0 Å². The van der Waals surface area contributed by atoms with Crippen LogP contribution in [0.15, 0.2) is 30.3 Å². The van der Waals surface area contributed by atoms with Gasteiger partial charge in [-0.25, -0.2) is 0 Å². The molecule has 3 rings (SSSR count). The third kappa shape index (κ3) is 4.78. The summed E-state index contributed by atoms with van der Waals surface area (Å²) in [6, 6.07) is 9.48. The number of rotatable bonds is 7. The second-order valence-corrected chi connectivity index (χ2v) is 6.85. The number of ether oxygens (including phenoxy) is 2. The van der Waals surface area contributed by atoms with E-state index in [-0.39, 0.29) is 11.9 Å². The zero-order valence-corrected chi connectivity index (χ0v) is 16.9. The normalized spacial score (nSPS) is 14.8. The van der Waals surface area contributed by atoms with E-state index in [1.807, 2.05) is 29.2 Å². The van der Waals surface area contributed by atoms with Gasteiger partial charge in [0, 0.05) is 43.4 Å². The molecule has 7 heteroatoms. The fraction of sp³-hybridized carbons (Fsp3) is 0.476. The SMILES string of the molecule is CCCCN1CCN(C(=O)c2cccc(-c3cc(OC)nc(OC)n3)c2)CC1. The molecule has 1 amide bonds. The second-order valence-electron chi connectivity index (χ2n) is 6.85. The first kappa shape index (κ1) is 20.1. The maximum Gasteiger partial charge on any atom is 0.320 e. The Morgan fingerprint density at radius 2 is 1.86 bits per heavy atom. The van der Waals surface area contributed by atoms with Crippen molar-refractivity contribution in [1.29, 1.82) is 0 Å². The number of hydrogen-bond acceptors (Lipinski definition) is 6. The summed E-state index contributed by atoms with van der Waals surface area (Å²) in [5.41, 5.74) is 2.14. The number of methoxy groups -OCH3 is 2. The van der Waals surface area contributed by atoms with E-state index in [1.165, 1.54) is 20.0 Å². The van der Waals surface area contributed by atoms with Gasteiger partial charge in [-0.2, -0.15) is 9.97 Å². The maximum absolute atomic E-state index is 13.0. The third-order valence-corrected chi connectivity index (χ3v) is 4.97. The third-order valence-electron chi connectivity index (χ3n) is 4.97. The van der Waals surface area contributed by atoms with Crippen LogP contribution in [0.25, 0.3) is 11.3 Å². The summed E-state index contributed by atoms with van der Waals surface area (Å²) in [5.74, 6) is 0.478. The Morgan fingerprint density at radius 1 is 1.07 bits per heavy atom. The van der Waals surface area contributed by atoms with Crippen molar-refractivity contribution in [2.24, 2.45) is 0 Å². The number of nitrogens with zero attached hydrogens (tertiary/aromatic N) is 4. The summed E-state index contributed by atoms with van der Waals surface area (Å²) in [5, 5.41) is 0. The van der Waals surface area contributed by atoms with Crippen LogP contribution in [0, 0.1) is 0 Å². The smallest absolute Gasteiger partial charge is 0.320 e. The van der Waals surface area contributed by atoms with Crippen molar-refractivity contribution in [2.45, 2.75) is 19.8 Å². The van der Waals surface area contributed by atoms with Gasteiger partial charge < -0.3 is 14.4 Å². The van der Waals surface area contributed by atoms with Crippen molar-refractivity contribution in [3.63, 3.8) is 0 Å². The molecule has 1 aromatic heterocycles. The molecule has 0 saturated carbocycles. The topological polar surface area (TPSA) is 67.8 Å². The largest absolute Gasteiger partial charge is 0.481 e. The summed E-state index contributed by atoms with van der Waals surface area (Å²) in [6.07, 6.45) is 2.41. The number of aromatic nitrogens is 2. The first-order chi connectivity index (χ1) is 13.6. The molecule has 0 unspecified atom stereocenters. The van der Waals surface area contributed by atoms with Gasteiger partial charge in [-0.15, -0.1) is 0 Å². The van der Waals surface area contributed by atoms with Crippen LogP contribution in [0.2, 0.25) is 0 Å². The van der Waals surface area contributed by atoms with Crippen LogP contribution in [0.1, 0.15) is 30.1 Å². The molecule has 0 radical (unpaired) electrons. The van der Waals surface area contributed by atoms with E-state index in [2.05, 4.69) is 21.8 Å². The summed E-state index contributed by atoms with van der Waals surface area (Å²) in [4.78, 5) is 25.8. The van der Waals surface area contributed by atoms with E-state index in [4.69, 9.17) is 9.47 Å². The summed E-state index contributed by atoms with van der Waals surface area (Å²) < 4.78 is 10.4. The zero-order chi connectivity index (χ0) is 19.9.